The van der Waals surface area contributed by atoms with Crippen LogP contribution in [0.2, 0.25) is 0 Å². The van der Waals surface area contributed by atoms with Gasteiger partial charge in [-0.2, -0.15) is 5.10 Å². The number of ether oxygens (including phenoxy) is 1. The summed E-state index contributed by atoms with van der Waals surface area (Å²) >= 11 is 1.33. The van der Waals surface area contributed by atoms with Crippen molar-refractivity contribution in [2.45, 2.75) is 20.8 Å². The van der Waals surface area contributed by atoms with Crippen LogP contribution in [0.15, 0.2) is 12.4 Å². The average Bonchev–Trinajstić information content (AvgIpc) is 3.03. The summed E-state index contributed by atoms with van der Waals surface area (Å²) in [5.41, 5.74) is 1.66. The fourth-order valence-corrected chi connectivity index (χ4v) is 3.47. The third kappa shape index (κ3) is 2.89. The highest BCUT2D eigenvalue weighted by atomic mass is 32.1. The zero-order valence-electron chi connectivity index (χ0n) is 13.4. The Morgan fingerprint density at radius 2 is 2.17 bits per heavy atom. The van der Waals surface area contributed by atoms with Gasteiger partial charge >= 0.3 is 5.97 Å². The van der Waals surface area contributed by atoms with Crippen molar-refractivity contribution in [2.75, 3.05) is 11.9 Å². The second-order valence-electron chi connectivity index (χ2n) is 5.10. The molecule has 0 aliphatic heterocycles. The number of aromatic nitrogens is 4. The van der Waals surface area contributed by atoms with E-state index < -0.39 is 0 Å². The lowest BCUT2D eigenvalue weighted by Crippen LogP contribution is -2.03. The Morgan fingerprint density at radius 1 is 1.39 bits per heavy atom. The second kappa shape index (κ2) is 5.96. The van der Waals surface area contributed by atoms with Crippen molar-refractivity contribution < 1.29 is 9.53 Å². The molecule has 0 saturated heterocycles. The van der Waals surface area contributed by atoms with E-state index in [0.29, 0.717) is 23.1 Å². The lowest BCUT2D eigenvalue weighted by Gasteiger charge is -2.06. The first kappa shape index (κ1) is 15.4. The number of esters is 1. The van der Waals surface area contributed by atoms with Crippen molar-refractivity contribution in [1.29, 1.82) is 0 Å². The molecule has 0 spiro atoms. The molecule has 3 aromatic heterocycles. The number of fused-ring (bicyclic) bond motifs is 1. The van der Waals surface area contributed by atoms with E-state index in [9.17, 15) is 4.79 Å². The van der Waals surface area contributed by atoms with Gasteiger partial charge in [0.1, 0.15) is 21.3 Å². The van der Waals surface area contributed by atoms with Crippen LogP contribution in [-0.2, 0) is 11.8 Å². The Hall–Kier alpha value is -2.48. The molecule has 23 heavy (non-hydrogen) atoms. The molecule has 0 aromatic carbocycles. The summed E-state index contributed by atoms with van der Waals surface area (Å²) < 4.78 is 6.83. The van der Waals surface area contributed by atoms with Crippen LogP contribution in [-0.4, -0.2) is 32.3 Å². The van der Waals surface area contributed by atoms with E-state index >= 15 is 0 Å². The molecule has 0 bridgehead atoms. The number of thiophene rings is 1. The largest absolute Gasteiger partial charge is 0.462 e. The van der Waals surface area contributed by atoms with Crippen molar-refractivity contribution >= 4 is 39.0 Å². The van der Waals surface area contributed by atoms with E-state index in [1.165, 1.54) is 11.3 Å². The molecule has 0 unspecified atom stereocenters. The van der Waals surface area contributed by atoms with Crippen LogP contribution in [0.25, 0.3) is 10.2 Å². The zero-order chi connectivity index (χ0) is 16.6. The Kier molecular flexibility index (Phi) is 3.99. The Labute approximate surface area is 137 Å². The van der Waals surface area contributed by atoms with Gasteiger partial charge in [0.25, 0.3) is 0 Å². The molecule has 7 nitrogen and oxygen atoms in total. The molecule has 120 valence electrons. The van der Waals surface area contributed by atoms with E-state index in [0.717, 1.165) is 21.5 Å². The predicted molar refractivity (Wildman–Crippen MR) is 89.3 cm³/mol. The molecule has 0 fully saturated rings. The number of rotatable bonds is 4. The van der Waals surface area contributed by atoms with Crippen LogP contribution < -0.4 is 5.32 Å². The summed E-state index contributed by atoms with van der Waals surface area (Å²) in [7, 11) is 1.85. The summed E-state index contributed by atoms with van der Waals surface area (Å²) in [6, 6.07) is 0. The molecule has 0 saturated carbocycles. The first-order valence-electron chi connectivity index (χ1n) is 7.20. The van der Waals surface area contributed by atoms with Crippen LogP contribution in [0, 0.1) is 13.8 Å². The monoisotopic (exact) mass is 331 g/mol. The van der Waals surface area contributed by atoms with Crippen molar-refractivity contribution in [1.82, 2.24) is 19.7 Å². The SMILES string of the molecule is CCOC(=O)c1sc2nc(C)nc(Nc3cnn(C)c3)c2c1C. The number of nitrogens with one attached hydrogen (secondary N) is 1. The summed E-state index contributed by atoms with van der Waals surface area (Å²) in [6.07, 6.45) is 3.58. The molecule has 0 aliphatic rings. The number of hydrogen-bond donors (Lipinski definition) is 1. The van der Waals surface area contributed by atoms with Crippen molar-refractivity contribution in [3.05, 3.63) is 28.7 Å². The van der Waals surface area contributed by atoms with Crippen LogP contribution >= 0.6 is 11.3 Å². The van der Waals surface area contributed by atoms with Gasteiger partial charge < -0.3 is 10.1 Å². The molecule has 0 aliphatic carbocycles. The van der Waals surface area contributed by atoms with Gasteiger partial charge in [0.15, 0.2) is 0 Å². The van der Waals surface area contributed by atoms with Gasteiger partial charge in [-0.25, -0.2) is 14.8 Å². The Bertz CT molecular complexity index is 884. The third-order valence-electron chi connectivity index (χ3n) is 3.33. The van der Waals surface area contributed by atoms with Gasteiger partial charge in [-0.1, -0.05) is 0 Å². The lowest BCUT2D eigenvalue weighted by atomic mass is 10.2. The number of aryl methyl sites for hydroxylation is 3. The molecule has 0 atom stereocenters. The average molecular weight is 331 g/mol. The standard InChI is InChI=1S/C15H17N5O2S/c1-5-22-15(21)12-8(2)11-13(17-9(3)18-14(11)23-12)19-10-6-16-20(4)7-10/h6-7H,5H2,1-4H3,(H,17,18,19). The first-order chi connectivity index (χ1) is 11.0. The summed E-state index contributed by atoms with van der Waals surface area (Å²) in [6.45, 7) is 5.85. The minimum Gasteiger partial charge on any atom is -0.462 e. The highest BCUT2D eigenvalue weighted by Gasteiger charge is 2.21. The maximum absolute atomic E-state index is 12.1. The van der Waals surface area contributed by atoms with Crippen LogP contribution in [0.3, 0.4) is 0 Å². The van der Waals surface area contributed by atoms with Gasteiger partial charge in [-0.3, -0.25) is 4.68 Å². The quantitative estimate of drug-likeness (QED) is 0.740. The topological polar surface area (TPSA) is 81.9 Å². The summed E-state index contributed by atoms with van der Waals surface area (Å²) in [4.78, 5) is 22.4. The van der Waals surface area contributed by atoms with Crippen molar-refractivity contribution in [3.8, 4) is 0 Å². The normalized spacial score (nSPS) is 11.0. The smallest absolute Gasteiger partial charge is 0.348 e. The molecule has 3 aromatic rings. The second-order valence-corrected chi connectivity index (χ2v) is 6.10. The number of anilines is 2. The maximum atomic E-state index is 12.1. The zero-order valence-corrected chi connectivity index (χ0v) is 14.2. The maximum Gasteiger partial charge on any atom is 0.348 e. The first-order valence-corrected chi connectivity index (χ1v) is 8.01. The van der Waals surface area contributed by atoms with Gasteiger partial charge in [-0.15, -0.1) is 11.3 Å². The molecule has 1 N–H and O–H groups in total. The fraction of sp³-hybridized carbons (Fsp3) is 0.333. The minimum absolute atomic E-state index is 0.321. The predicted octanol–water partition coefficient (Wildman–Crippen LogP) is 2.96. The van der Waals surface area contributed by atoms with E-state index in [1.807, 2.05) is 27.1 Å². The van der Waals surface area contributed by atoms with E-state index in [4.69, 9.17) is 4.74 Å². The van der Waals surface area contributed by atoms with Crippen LogP contribution in [0.1, 0.15) is 28.0 Å². The number of hydrogen-bond acceptors (Lipinski definition) is 7. The lowest BCUT2D eigenvalue weighted by molar-refractivity contribution is 0.0531. The molecular weight excluding hydrogens is 314 g/mol. The van der Waals surface area contributed by atoms with Gasteiger partial charge in [0, 0.05) is 13.2 Å². The van der Waals surface area contributed by atoms with Crippen molar-refractivity contribution in [2.24, 2.45) is 7.05 Å². The van der Waals surface area contributed by atoms with Crippen LogP contribution in [0.5, 0.6) is 0 Å². The van der Waals surface area contributed by atoms with E-state index in [-0.39, 0.29) is 5.97 Å². The van der Waals surface area contributed by atoms with Gasteiger partial charge in [0.05, 0.1) is 23.9 Å². The van der Waals surface area contributed by atoms with Gasteiger partial charge in [0.2, 0.25) is 0 Å². The molecule has 0 amide bonds. The van der Waals surface area contributed by atoms with Crippen LogP contribution in [0.4, 0.5) is 11.5 Å². The molecule has 0 radical (unpaired) electrons. The number of nitrogens with zero attached hydrogens (tertiary/aromatic N) is 4. The fourth-order valence-electron chi connectivity index (χ4n) is 2.35. The van der Waals surface area contributed by atoms with Crippen molar-refractivity contribution in [3.63, 3.8) is 0 Å². The summed E-state index contributed by atoms with van der Waals surface area (Å²) in [5, 5.41) is 8.23. The van der Waals surface area contributed by atoms with E-state index in [2.05, 4.69) is 20.4 Å². The Morgan fingerprint density at radius 3 is 2.83 bits per heavy atom. The third-order valence-corrected chi connectivity index (χ3v) is 4.50. The Balaban J connectivity index is 2.11. The highest BCUT2D eigenvalue weighted by molar-refractivity contribution is 7.20. The minimum atomic E-state index is -0.321. The number of carbonyl (C=O) groups is 1. The molecule has 3 heterocycles. The molecular formula is C15H17N5O2S. The van der Waals surface area contributed by atoms with E-state index in [1.54, 1.807) is 17.8 Å². The molecule has 8 heteroatoms. The summed E-state index contributed by atoms with van der Waals surface area (Å²) in [5.74, 6) is 0.989. The highest BCUT2D eigenvalue weighted by Crippen LogP contribution is 2.35. The molecule has 3 rings (SSSR count). The number of carbonyl (C=O) groups excluding carboxylic acids is 1. The van der Waals surface area contributed by atoms with Gasteiger partial charge in [-0.05, 0) is 26.3 Å².